The van der Waals surface area contributed by atoms with Crippen LogP contribution in [0.25, 0.3) is 22.2 Å². The quantitative estimate of drug-likeness (QED) is 0.158. The second kappa shape index (κ2) is 15.5. The van der Waals surface area contributed by atoms with Crippen LogP contribution in [0.15, 0.2) is 66.9 Å². The maximum atomic E-state index is 12.5. The molecule has 0 fully saturated rings. The van der Waals surface area contributed by atoms with E-state index in [1.807, 2.05) is 37.1 Å². The van der Waals surface area contributed by atoms with Crippen molar-refractivity contribution in [2.24, 2.45) is 5.41 Å². The van der Waals surface area contributed by atoms with E-state index in [9.17, 15) is 4.79 Å². The Morgan fingerprint density at radius 3 is 2.52 bits per heavy atom. The number of hydroxylamine groups is 1. The third kappa shape index (κ3) is 9.30. The topological polar surface area (TPSA) is 139 Å². The summed E-state index contributed by atoms with van der Waals surface area (Å²) in [5.74, 6) is 0.183. The van der Waals surface area contributed by atoms with Gasteiger partial charge in [-0.1, -0.05) is 50.6 Å². The normalized spacial score (nSPS) is 10.6. The smallest absolute Gasteiger partial charge is 0.276 e. The van der Waals surface area contributed by atoms with E-state index in [0.29, 0.717) is 40.9 Å². The maximum absolute atomic E-state index is 12.5. The van der Waals surface area contributed by atoms with Gasteiger partial charge in [-0.15, -0.1) is 0 Å². The molecule has 0 spiro atoms. The van der Waals surface area contributed by atoms with Crippen LogP contribution >= 0.6 is 11.6 Å². The molecule has 0 aliphatic carbocycles. The van der Waals surface area contributed by atoms with Crippen LogP contribution in [0.2, 0.25) is 5.02 Å². The molecule has 212 valence electrons. The molecule has 10 heteroatoms. The zero-order valence-corrected chi connectivity index (χ0v) is 24.0. The number of carbonyl (C=O) groups is 2. The average Bonchev–Trinajstić information content (AvgIpc) is 2.96. The highest BCUT2D eigenvalue weighted by Gasteiger charge is 2.14. The van der Waals surface area contributed by atoms with Crippen LogP contribution < -0.4 is 16.5 Å². The summed E-state index contributed by atoms with van der Waals surface area (Å²) in [6, 6.07) is 18.9. The molecule has 4 aromatic rings. The van der Waals surface area contributed by atoms with Gasteiger partial charge >= 0.3 is 0 Å². The minimum atomic E-state index is -0.390. The lowest BCUT2D eigenvalue weighted by atomic mass is 9.93. The number of aliphatic hydroxyl groups is 1. The third-order valence-corrected chi connectivity index (χ3v) is 6.00. The lowest BCUT2D eigenvalue weighted by molar-refractivity contribution is -0.0980. The number of benzene rings is 2. The van der Waals surface area contributed by atoms with Crippen molar-refractivity contribution in [1.82, 2.24) is 15.4 Å². The van der Waals surface area contributed by atoms with Crippen LogP contribution in [-0.4, -0.2) is 41.5 Å². The first-order valence-electron chi connectivity index (χ1n) is 12.5. The summed E-state index contributed by atoms with van der Waals surface area (Å²) >= 11 is 6.43. The van der Waals surface area contributed by atoms with Crippen LogP contribution in [-0.2, 0) is 16.2 Å². The van der Waals surface area contributed by atoms with Crippen LogP contribution in [0.4, 0.5) is 11.5 Å². The number of pyridine rings is 2. The molecule has 0 atom stereocenters. The van der Waals surface area contributed by atoms with Crippen molar-refractivity contribution < 1.29 is 19.5 Å². The molecule has 0 aliphatic heterocycles. The van der Waals surface area contributed by atoms with Crippen molar-refractivity contribution in [3.05, 3.63) is 83.0 Å². The molecule has 0 radical (unpaired) electrons. The van der Waals surface area contributed by atoms with Gasteiger partial charge in [0.25, 0.3) is 5.91 Å². The monoisotopic (exact) mass is 565 g/mol. The van der Waals surface area contributed by atoms with Crippen molar-refractivity contribution in [3.8, 4) is 11.3 Å². The van der Waals surface area contributed by atoms with Crippen molar-refractivity contribution in [3.63, 3.8) is 0 Å². The number of nitrogen functional groups attached to an aromatic ring is 1. The number of aromatic nitrogens is 2. The highest BCUT2D eigenvalue weighted by Crippen LogP contribution is 2.28. The highest BCUT2D eigenvalue weighted by molar-refractivity contribution is 6.34. The Bertz CT molecular complexity index is 1410. The molecule has 5 N–H and O–H groups in total. The first kappa shape index (κ1) is 32.2. The fourth-order valence-corrected chi connectivity index (χ4v) is 3.85. The maximum Gasteiger partial charge on any atom is 0.276 e. The Hall–Kier alpha value is -4.05. The lowest BCUT2D eigenvalue weighted by Gasteiger charge is -2.17. The number of rotatable bonds is 8. The Labute approximate surface area is 239 Å². The number of nitrogens with zero attached hydrogens (tertiary/aromatic N) is 2. The van der Waals surface area contributed by atoms with Gasteiger partial charge in [-0.2, -0.15) is 0 Å². The van der Waals surface area contributed by atoms with Crippen molar-refractivity contribution in [2.75, 3.05) is 24.8 Å². The third-order valence-electron chi connectivity index (χ3n) is 5.68. The first-order valence-corrected chi connectivity index (χ1v) is 12.9. The van der Waals surface area contributed by atoms with Gasteiger partial charge in [-0.25, -0.2) is 10.5 Å². The molecule has 0 saturated carbocycles. The average molecular weight is 566 g/mol. The van der Waals surface area contributed by atoms with Crippen LogP contribution in [0.3, 0.4) is 0 Å². The predicted octanol–water partition coefficient (Wildman–Crippen LogP) is 5.67. The summed E-state index contributed by atoms with van der Waals surface area (Å²) in [7, 11) is 1.00. The summed E-state index contributed by atoms with van der Waals surface area (Å²) in [4.78, 5) is 34.8. The minimum absolute atomic E-state index is 0.122. The molecule has 40 heavy (non-hydrogen) atoms. The predicted molar refractivity (Wildman–Crippen MR) is 161 cm³/mol. The summed E-state index contributed by atoms with van der Waals surface area (Å²) in [5, 5.41) is 11.7. The van der Waals surface area contributed by atoms with Crippen molar-refractivity contribution >= 4 is 46.7 Å². The molecule has 0 unspecified atom stereocenters. The number of nitrogens with one attached hydrogen (secondary N) is 2. The molecular formula is C30H36ClN5O4. The lowest BCUT2D eigenvalue weighted by Crippen LogP contribution is -2.25. The van der Waals surface area contributed by atoms with Gasteiger partial charge in [0.1, 0.15) is 12.6 Å². The summed E-state index contributed by atoms with van der Waals surface area (Å²) in [6.07, 6.45) is 2.60. The van der Waals surface area contributed by atoms with Gasteiger partial charge in [0.15, 0.2) is 0 Å². The fraction of sp³-hybridized carbons (Fsp3) is 0.267. The van der Waals surface area contributed by atoms with Crippen molar-refractivity contribution in [1.29, 1.82) is 0 Å². The number of hydrogen-bond donors (Lipinski definition) is 4. The van der Waals surface area contributed by atoms with Gasteiger partial charge in [0, 0.05) is 30.8 Å². The molecule has 0 bridgehead atoms. The molecule has 2 heterocycles. The molecule has 0 saturated heterocycles. The van der Waals surface area contributed by atoms with E-state index in [0.717, 1.165) is 35.6 Å². The van der Waals surface area contributed by atoms with Gasteiger partial charge in [-0.05, 0) is 59.9 Å². The Morgan fingerprint density at radius 2 is 1.82 bits per heavy atom. The molecule has 2 aromatic carbocycles. The van der Waals surface area contributed by atoms with Crippen molar-refractivity contribution in [2.45, 2.75) is 33.7 Å². The van der Waals surface area contributed by atoms with E-state index in [-0.39, 0.29) is 5.41 Å². The van der Waals surface area contributed by atoms with Gasteiger partial charge in [0.05, 0.1) is 34.1 Å². The van der Waals surface area contributed by atoms with Gasteiger partial charge in [0.2, 0.25) is 0 Å². The minimum Gasteiger partial charge on any atom is -0.400 e. The number of anilines is 2. The Kier molecular flexibility index (Phi) is 12.5. The molecule has 4 rings (SSSR count). The van der Waals surface area contributed by atoms with Crippen LogP contribution in [0.5, 0.6) is 0 Å². The second-order valence-electron chi connectivity index (χ2n) is 9.80. The van der Waals surface area contributed by atoms with E-state index in [2.05, 4.69) is 47.6 Å². The molecule has 2 aromatic heterocycles. The summed E-state index contributed by atoms with van der Waals surface area (Å²) in [6.45, 7) is 9.32. The van der Waals surface area contributed by atoms with Crippen LogP contribution in [0.1, 0.15) is 43.1 Å². The van der Waals surface area contributed by atoms with Gasteiger partial charge in [-0.3, -0.25) is 14.6 Å². The number of amides is 1. The van der Waals surface area contributed by atoms with E-state index < -0.39 is 5.91 Å². The SMILES string of the molecule is C=O.CC(C)(C)CCONC(=O)c1ccc(-c2ccc(N)c(NCc3ccc4ncccc4c3)n2)cc1Cl.CO. The first-order chi connectivity index (χ1) is 19.2. The molecule has 1 amide bonds. The van der Waals surface area contributed by atoms with Gasteiger partial charge < -0.3 is 21.0 Å². The number of aliphatic hydroxyl groups excluding tert-OH is 1. The second-order valence-corrected chi connectivity index (χ2v) is 10.2. The molecule has 9 nitrogen and oxygen atoms in total. The van der Waals surface area contributed by atoms with E-state index in [4.69, 9.17) is 32.1 Å². The number of halogens is 1. The van der Waals surface area contributed by atoms with E-state index >= 15 is 0 Å². The number of hydrogen-bond acceptors (Lipinski definition) is 8. The summed E-state index contributed by atoms with van der Waals surface area (Å²) < 4.78 is 0. The summed E-state index contributed by atoms with van der Waals surface area (Å²) in [5.41, 5.74) is 13.1. The highest BCUT2D eigenvalue weighted by atomic mass is 35.5. The molecule has 0 aliphatic rings. The zero-order valence-electron chi connectivity index (χ0n) is 23.2. The fourth-order valence-electron chi connectivity index (χ4n) is 3.58. The standard InChI is InChI=1S/C28H30ClN5O2.CH4O.CH2O/c1-28(2,3)12-14-36-34-27(35)21-8-7-20(16-22(21)29)25-11-9-23(30)26(33-25)32-17-18-6-10-24-19(15-18)5-4-13-31-24;2*1-2/h4-11,13,15-16H,12,14,17,30H2,1-3H3,(H,32,33)(H,34,35);2H,1H3;1H2. The van der Waals surface area contributed by atoms with E-state index in [1.54, 1.807) is 30.5 Å². The Morgan fingerprint density at radius 1 is 1.07 bits per heavy atom. The van der Waals surface area contributed by atoms with E-state index in [1.165, 1.54) is 0 Å². The molecular weight excluding hydrogens is 530 g/mol. The number of carbonyl (C=O) groups excluding carboxylic acids is 2. The largest absolute Gasteiger partial charge is 0.400 e. The van der Waals surface area contributed by atoms with Crippen LogP contribution in [0, 0.1) is 5.41 Å². The number of nitrogens with two attached hydrogens (primary N) is 1. The zero-order chi connectivity index (χ0) is 29.7. The number of fused-ring (bicyclic) bond motifs is 1. The Balaban J connectivity index is 0.00000134.